The molecule has 3 aliphatic carbocycles. The van der Waals surface area contributed by atoms with Crippen molar-refractivity contribution < 1.29 is 39.5 Å². The fourth-order valence-electron chi connectivity index (χ4n) is 5.79. The van der Waals surface area contributed by atoms with E-state index < -0.39 is 58.0 Å². The Morgan fingerprint density at radius 3 is 2.51 bits per heavy atom. The summed E-state index contributed by atoms with van der Waals surface area (Å²) in [6.07, 6.45) is 0.726. The van der Waals surface area contributed by atoms with Gasteiger partial charge in [-0.3, -0.25) is 19.3 Å². The van der Waals surface area contributed by atoms with Gasteiger partial charge in [-0.1, -0.05) is 12.1 Å². The number of phenols is 1. The van der Waals surface area contributed by atoms with Crippen LogP contribution in [-0.4, -0.2) is 81.8 Å². The summed E-state index contributed by atoms with van der Waals surface area (Å²) >= 11 is 0. The minimum absolute atomic E-state index is 0.0681. The van der Waals surface area contributed by atoms with E-state index in [0.29, 0.717) is 30.8 Å². The number of phenolic OH excluding ortho intramolecular Hbond substituents is 1. The molecule has 0 aromatic heterocycles. The van der Waals surface area contributed by atoms with Crippen LogP contribution in [0.2, 0.25) is 0 Å². The number of carbonyl (C=O) groups excluding carboxylic acids is 3. The molecule has 4 rings (SSSR count). The van der Waals surface area contributed by atoms with Gasteiger partial charge in [0.25, 0.3) is 5.91 Å². The van der Waals surface area contributed by atoms with Crippen LogP contribution in [0.15, 0.2) is 29.0 Å². The van der Waals surface area contributed by atoms with Crippen LogP contribution >= 0.6 is 0 Å². The number of ketones is 2. The van der Waals surface area contributed by atoms with E-state index in [0.717, 1.165) is 0 Å². The van der Waals surface area contributed by atoms with Crippen molar-refractivity contribution in [2.24, 2.45) is 17.6 Å². The summed E-state index contributed by atoms with van der Waals surface area (Å²) in [6.45, 7) is 2.72. The highest BCUT2D eigenvalue weighted by Crippen LogP contribution is 2.52. The number of Topliss-reactive ketones (excluding diaryl/α,β-unsaturated/α-hetero) is 2. The van der Waals surface area contributed by atoms with Crippen LogP contribution in [0.5, 0.6) is 5.75 Å². The van der Waals surface area contributed by atoms with Crippen LogP contribution < -0.4 is 5.73 Å². The van der Waals surface area contributed by atoms with Crippen LogP contribution in [0.3, 0.4) is 0 Å². The minimum Gasteiger partial charge on any atom is -0.508 e. The summed E-state index contributed by atoms with van der Waals surface area (Å²) in [6, 6.07) is 2.42. The van der Waals surface area contributed by atoms with Crippen molar-refractivity contribution in [3.8, 4) is 5.75 Å². The first kappa shape index (κ1) is 24.9. The van der Waals surface area contributed by atoms with Crippen LogP contribution in [-0.2, 0) is 32.0 Å². The van der Waals surface area contributed by atoms with Gasteiger partial charge in [0.05, 0.1) is 18.2 Å². The molecule has 0 unspecified atom stereocenters. The molecule has 3 aliphatic rings. The highest BCUT2D eigenvalue weighted by atomic mass is 16.5. The molecule has 1 aromatic rings. The van der Waals surface area contributed by atoms with Gasteiger partial charge in [0.2, 0.25) is 5.78 Å². The summed E-state index contributed by atoms with van der Waals surface area (Å²) in [5.41, 5.74) is 2.94. The maximum absolute atomic E-state index is 13.8. The molecular weight excluding hydrogens is 456 g/mol. The molecule has 1 aromatic carbocycles. The largest absolute Gasteiger partial charge is 0.508 e. The molecule has 1 amide bonds. The Morgan fingerprint density at radius 2 is 1.91 bits per heavy atom. The first-order valence-electron chi connectivity index (χ1n) is 11.5. The van der Waals surface area contributed by atoms with E-state index in [1.54, 1.807) is 26.2 Å². The topological polar surface area (TPSA) is 171 Å². The zero-order valence-corrected chi connectivity index (χ0v) is 19.9. The van der Waals surface area contributed by atoms with Gasteiger partial charge in [0, 0.05) is 18.1 Å². The van der Waals surface area contributed by atoms with E-state index >= 15 is 0 Å². The number of nitrogens with two attached hydrogens (primary N) is 1. The quantitative estimate of drug-likeness (QED) is 0.284. The summed E-state index contributed by atoms with van der Waals surface area (Å²) in [7, 11) is 3.13. The lowest BCUT2D eigenvalue weighted by Gasteiger charge is -2.50. The Bertz CT molecular complexity index is 1180. The zero-order chi connectivity index (χ0) is 25.8. The number of aromatic hydroxyl groups is 1. The van der Waals surface area contributed by atoms with Gasteiger partial charge in [-0.15, -0.1) is 0 Å². The molecule has 1 saturated carbocycles. The lowest BCUT2D eigenvalue weighted by molar-refractivity contribution is -0.153. The Hall–Kier alpha value is -3.21. The minimum atomic E-state index is -2.63. The molecule has 0 bridgehead atoms. The molecule has 188 valence electrons. The SMILES string of the molecule is CCOCCc1ccc2c(c1O)C(O)=C1C(=O)[C@]3(O)C(O)=C(C(N)=O)C(=O)[C@@H](N(C)C)[C@@H]3C[C@@H]1C2. The fraction of sp³-hybridized carbons (Fsp3) is 0.480. The third-order valence-electron chi connectivity index (χ3n) is 7.40. The number of nitrogens with zero attached hydrogens (tertiary/aromatic N) is 1. The molecule has 0 spiro atoms. The van der Waals surface area contributed by atoms with Gasteiger partial charge >= 0.3 is 0 Å². The van der Waals surface area contributed by atoms with Crippen molar-refractivity contribution in [1.29, 1.82) is 0 Å². The van der Waals surface area contributed by atoms with E-state index in [1.165, 1.54) is 4.90 Å². The summed E-state index contributed by atoms with van der Waals surface area (Å²) < 4.78 is 5.34. The first-order chi connectivity index (χ1) is 16.5. The molecule has 4 atom stereocenters. The molecule has 10 heteroatoms. The Balaban J connectivity index is 1.88. The highest BCUT2D eigenvalue weighted by Gasteiger charge is 2.64. The van der Waals surface area contributed by atoms with Crippen molar-refractivity contribution in [1.82, 2.24) is 4.90 Å². The number of likely N-dealkylation sites (N-methyl/N-ethyl adjacent to an activating group) is 1. The lowest BCUT2D eigenvalue weighted by atomic mass is 9.57. The van der Waals surface area contributed by atoms with E-state index in [1.807, 2.05) is 6.92 Å². The number of hydrogen-bond acceptors (Lipinski definition) is 9. The van der Waals surface area contributed by atoms with E-state index in [4.69, 9.17) is 10.5 Å². The lowest BCUT2D eigenvalue weighted by Crippen LogP contribution is -2.65. The Kier molecular flexibility index (Phi) is 6.25. The monoisotopic (exact) mass is 486 g/mol. The standard InChI is InChI=1S/C25H30N2O8/c1-4-35-8-7-11-5-6-12-9-13-10-14-18(27(2)3)21(30)17(24(26)33)23(32)25(14,34)22(31)16(13)20(29)15(12)19(11)28/h5-6,13-14,18,28-29,32,34H,4,7-10H2,1-3H3,(H2,26,33)/t13-,14-,18-,25-/m0/s1. The number of fused-ring (bicyclic) bond motifs is 3. The van der Waals surface area contributed by atoms with Crippen LogP contribution in [0.4, 0.5) is 0 Å². The van der Waals surface area contributed by atoms with Gasteiger partial charge in [0.1, 0.15) is 22.8 Å². The number of aliphatic hydroxyl groups is 3. The second-order valence-electron chi connectivity index (χ2n) is 9.52. The average Bonchev–Trinajstić information content (AvgIpc) is 2.77. The number of carbonyl (C=O) groups is 3. The molecule has 0 heterocycles. The molecule has 0 saturated heterocycles. The number of primary amides is 1. The normalized spacial score (nSPS) is 28.2. The van der Waals surface area contributed by atoms with Gasteiger partial charge in [0.15, 0.2) is 11.4 Å². The van der Waals surface area contributed by atoms with E-state index in [2.05, 4.69) is 0 Å². The second kappa shape index (κ2) is 8.78. The summed E-state index contributed by atoms with van der Waals surface area (Å²) in [4.78, 5) is 40.3. The number of ether oxygens (including phenoxy) is 1. The second-order valence-corrected chi connectivity index (χ2v) is 9.52. The van der Waals surface area contributed by atoms with Crippen molar-refractivity contribution in [3.05, 3.63) is 45.7 Å². The highest BCUT2D eigenvalue weighted by molar-refractivity contribution is 6.24. The maximum Gasteiger partial charge on any atom is 0.255 e. The zero-order valence-electron chi connectivity index (χ0n) is 19.9. The first-order valence-corrected chi connectivity index (χ1v) is 11.5. The molecule has 0 aliphatic heterocycles. The number of aliphatic hydroxyl groups excluding tert-OH is 2. The number of hydrogen-bond donors (Lipinski definition) is 5. The van der Waals surface area contributed by atoms with Gasteiger partial charge in [-0.05, 0) is 57.3 Å². The number of benzene rings is 1. The predicted octanol–water partition coefficient (Wildman–Crippen LogP) is 0.543. The van der Waals surface area contributed by atoms with Crippen molar-refractivity contribution in [2.45, 2.75) is 37.8 Å². The third-order valence-corrected chi connectivity index (χ3v) is 7.40. The Morgan fingerprint density at radius 1 is 1.23 bits per heavy atom. The molecule has 0 radical (unpaired) electrons. The molecule has 1 fully saturated rings. The molecule has 35 heavy (non-hydrogen) atoms. The summed E-state index contributed by atoms with van der Waals surface area (Å²) in [5.74, 6) is -6.48. The third kappa shape index (κ3) is 3.55. The van der Waals surface area contributed by atoms with Crippen molar-refractivity contribution in [2.75, 3.05) is 27.3 Å². The summed E-state index contributed by atoms with van der Waals surface area (Å²) in [5, 5.41) is 44.5. The molecule has 6 N–H and O–H groups in total. The van der Waals surface area contributed by atoms with Crippen LogP contribution in [0, 0.1) is 11.8 Å². The van der Waals surface area contributed by atoms with Crippen LogP contribution in [0.1, 0.15) is 30.0 Å². The number of rotatable bonds is 6. The van der Waals surface area contributed by atoms with Gasteiger partial charge in [-0.2, -0.15) is 0 Å². The molecular formula is C25H30N2O8. The van der Waals surface area contributed by atoms with E-state index in [9.17, 15) is 34.8 Å². The predicted molar refractivity (Wildman–Crippen MR) is 124 cm³/mol. The van der Waals surface area contributed by atoms with Crippen LogP contribution in [0.25, 0.3) is 5.76 Å². The average molecular weight is 487 g/mol. The fourth-order valence-corrected chi connectivity index (χ4v) is 5.79. The van der Waals surface area contributed by atoms with E-state index in [-0.39, 0.29) is 29.7 Å². The molecule has 10 nitrogen and oxygen atoms in total. The Labute approximate surface area is 202 Å². The number of amides is 1. The maximum atomic E-state index is 13.8. The van der Waals surface area contributed by atoms with Crippen molar-refractivity contribution >= 4 is 23.2 Å². The van der Waals surface area contributed by atoms with Gasteiger partial charge in [-0.25, -0.2) is 0 Å². The van der Waals surface area contributed by atoms with Crippen molar-refractivity contribution in [3.63, 3.8) is 0 Å². The smallest absolute Gasteiger partial charge is 0.255 e. The van der Waals surface area contributed by atoms with Gasteiger partial charge < -0.3 is 30.9 Å².